The fourth-order valence-electron chi connectivity index (χ4n) is 1.83. The maximum Gasteiger partial charge on any atom is 0.304 e. The van der Waals surface area contributed by atoms with E-state index in [0.29, 0.717) is 5.69 Å². The summed E-state index contributed by atoms with van der Waals surface area (Å²) in [6.07, 6.45) is 1.09. The Kier molecular flexibility index (Phi) is 3.79. The predicted molar refractivity (Wildman–Crippen MR) is 62.5 cm³/mol. The second kappa shape index (κ2) is 5.51. The van der Waals surface area contributed by atoms with E-state index >= 15 is 0 Å². The first-order chi connectivity index (χ1) is 9.08. The summed E-state index contributed by atoms with van der Waals surface area (Å²) in [5.74, 6) is -3.41. The van der Waals surface area contributed by atoms with E-state index in [0.717, 1.165) is 12.1 Å². The number of aromatic nitrogens is 2. The van der Waals surface area contributed by atoms with Crippen molar-refractivity contribution in [1.82, 2.24) is 10.2 Å². The van der Waals surface area contributed by atoms with Crippen LogP contribution in [0.2, 0.25) is 0 Å². The number of nitrogens with zero attached hydrogens (tertiary/aromatic N) is 2. The van der Waals surface area contributed by atoms with E-state index in [1.165, 1.54) is 12.3 Å². The topological polar surface area (TPSA) is 63.1 Å². The normalized spacial score (nSPS) is 12.1. The number of carboxylic acids is 1. The fraction of sp³-hybridized carbons (Fsp3) is 0.154. The van der Waals surface area contributed by atoms with E-state index < -0.39 is 23.5 Å². The number of hydrogen-bond donors (Lipinski definition) is 1. The summed E-state index contributed by atoms with van der Waals surface area (Å²) in [5, 5.41) is 16.4. The van der Waals surface area contributed by atoms with Crippen molar-refractivity contribution in [2.75, 3.05) is 0 Å². The summed E-state index contributed by atoms with van der Waals surface area (Å²) < 4.78 is 26.6. The Morgan fingerprint density at radius 3 is 2.68 bits per heavy atom. The van der Waals surface area contributed by atoms with Crippen LogP contribution in [0.4, 0.5) is 8.78 Å². The molecule has 1 N–H and O–H groups in total. The van der Waals surface area contributed by atoms with Crippen molar-refractivity contribution in [3.05, 3.63) is 59.4 Å². The third-order valence-corrected chi connectivity index (χ3v) is 2.67. The second-order valence-electron chi connectivity index (χ2n) is 3.96. The van der Waals surface area contributed by atoms with Crippen molar-refractivity contribution < 1.29 is 18.7 Å². The van der Waals surface area contributed by atoms with Crippen LogP contribution in [0.3, 0.4) is 0 Å². The van der Waals surface area contributed by atoms with Crippen LogP contribution >= 0.6 is 0 Å². The molecule has 19 heavy (non-hydrogen) atoms. The Balaban J connectivity index is 2.46. The molecule has 1 aromatic heterocycles. The van der Waals surface area contributed by atoms with E-state index in [-0.39, 0.29) is 12.0 Å². The lowest BCUT2D eigenvalue weighted by Crippen LogP contribution is -2.11. The van der Waals surface area contributed by atoms with Crippen molar-refractivity contribution in [3.8, 4) is 0 Å². The van der Waals surface area contributed by atoms with Crippen molar-refractivity contribution in [1.29, 1.82) is 0 Å². The maximum atomic E-state index is 13.8. The quantitative estimate of drug-likeness (QED) is 0.920. The van der Waals surface area contributed by atoms with Gasteiger partial charge in [0.1, 0.15) is 11.6 Å². The molecule has 0 aliphatic carbocycles. The van der Waals surface area contributed by atoms with Gasteiger partial charge in [0.2, 0.25) is 0 Å². The average Bonchev–Trinajstić information content (AvgIpc) is 2.37. The van der Waals surface area contributed by atoms with Crippen molar-refractivity contribution in [2.24, 2.45) is 0 Å². The summed E-state index contributed by atoms with van der Waals surface area (Å²) in [4.78, 5) is 10.9. The van der Waals surface area contributed by atoms with Crippen LogP contribution in [0, 0.1) is 11.6 Å². The van der Waals surface area contributed by atoms with Gasteiger partial charge in [-0.05, 0) is 23.8 Å². The molecule has 4 nitrogen and oxygen atoms in total. The van der Waals surface area contributed by atoms with Crippen LogP contribution in [0.5, 0.6) is 0 Å². The lowest BCUT2D eigenvalue weighted by molar-refractivity contribution is -0.137. The Labute approximate surface area is 107 Å². The van der Waals surface area contributed by atoms with Crippen molar-refractivity contribution >= 4 is 5.97 Å². The average molecular weight is 264 g/mol. The Bertz CT molecular complexity index is 590. The van der Waals surface area contributed by atoms with Gasteiger partial charge in [0.05, 0.1) is 12.1 Å². The number of aliphatic carboxylic acids is 1. The van der Waals surface area contributed by atoms with Crippen LogP contribution in [0.1, 0.15) is 23.6 Å². The molecule has 0 aliphatic rings. The molecule has 0 bridgehead atoms. The van der Waals surface area contributed by atoms with Crippen LogP contribution in [0.25, 0.3) is 0 Å². The van der Waals surface area contributed by atoms with Crippen LogP contribution in [-0.2, 0) is 4.79 Å². The molecular weight excluding hydrogens is 254 g/mol. The molecule has 1 heterocycles. The number of hydrogen-bond acceptors (Lipinski definition) is 3. The highest BCUT2D eigenvalue weighted by Crippen LogP contribution is 2.28. The second-order valence-corrected chi connectivity index (χ2v) is 3.96. The fourth-order valence-corrected chi connectivity index (χ4v) is 1.83. The number of rotatable bonds is 4. The van der Waals surface area contributed by atoms with Gasteiger partial charge in [-0.3, -0.25) is 4.79 Å². The van der Waals surface area contributed by atoms with E-state index in [2.05, 4.69) is 10.2 Å². The zero-order valence-electron chi connectivity index (χ0n) is 9.75. The summed E-state index contributed by atoms with van der Waals surface area (Å²) in [5.41, 5.74) is 0.416. The number of carboxylic acid groups (broad SMARTS) is 1. The molecule has 0 fully saturated rings. The highest BCUT2D eigenvalue weighted by Gasteiger charge is 2.22. The van der Waals surface area contributed by atoms with Gasteiger partial charge < -0.3 is 5.11 Å². The van der Waals surface area contributed by atoms with Gasteiger partial charge in [0, 0.05) is 18.2 Å². The number of benzene rings is 1. The molecule has 98 valence electrons. The third-order valence-electron chi connectivity index (χ3n) is 2.67. The monoisotopic (exact) mass is 264 g/mol. The third kappa shape index (κ3) is 3.09. The van der Waals surface area contributed by atoms with Crippen molar-refractivity contribution in [2.45, 2.75) is 12.3 Å². The van der Waals surface area contributed by atoms with E-state index in [4.69, 9.17) is 5.11 Å². The van der Waals surface area contributed by atoms with Gasteiger partial charge in [-0.2, -0.15) is 10.2 Å². The molecule has 0 saturated heterocycles. The summed E-state index contributed by atoms with van der Waals surface area (Å²) in [7, 11) is 0. The van der Waals surface area contributed by atoms with Crippen molar-refractivity contribution in [3.63, 3.8) is 0 Å². The molecule has 1 aromatic carbocycles. The molecule has 1 unspecified atom stereocenters. The first-order valence-electron chi connectivity index (χ1n) is 5.52. The minimum Gasteiger partial charge on any atom is -0.481 e. The van der Waals surface area contributed by atoms with Crippen LogP contribution in [-0.4, -0.2) is 21.3 Å². The minimum atomic E-state index is -1.10. The first kappa shape index (κ1) is 13.1. The Morgan fingerprint density at radius 2 is 2.11 bits per heavy atom. The van der Waals surface area contributed by atoms with Gasteiger partial charge in [0.15, 0.2) is 0 Å². The molecule has 1 atom stereocenters. The number of halogens is 2. The molecule has 2 aromatic rings. The Morgan fingerprint density at radius 1 is 1.32 bits per heavy atom. The van der Waals surface area contributed by atoms with E-state index in [9.17, 15) is 13.6 Å². The molecule has 6 heteroatoms. The van der Waals surface area contributed by atoms with Crippen LogP contribution < -0.4 is 0 Å². The molecule has 0 amide bonds. The van der Waals surface area contributed by atoms with E-state index in [1.54, 1.807) is 12.1 Å². The zero-order chi connectivity index (χ0) is 13.8. The highest BCUT2D eigenvalue weighted by molar-refractivity contribution is 5.68. The van der Waals surface area contributed by atoms with Gasteiger partial charge in [-0.1, -0.05) is 6.07 Å². The van der Waals surface area contributed by atoms with Gasteiger partial charge in [0.25, 0.3) is 0 Å². The summed E-state index contributed by atoms with van der Waals surface area (Å²) in [6, 6.07) is 6.18. The predicted octanol–water partition coefficient (Wildman–Crippen LogP) is 2.36. The zero-order valence-corrected chi connectivity index (χ0v) is 9.75. The SMILES string of the molecule is O=C(O)CC(c1cccnn1)c1ccc(F)cc1F. The molecule has 0 aliphatic heterocycles. The lowest BCUT2D eigenvalue weighted by Gasteiger charge is -2.15. The minimum absolute atomic E-state index is 0.0873. The first-order valence-corrected chi connectivity index (χ1v) is 5.52. The summed E-state index contributed by atoms with van der Waals surface area (Å²) >= 11 is 0. The van der Waals surface area contributed by atoms with Gasteiger partial charge in [-0.25, -0.2) is 8.78 Å². The molecule has 2 rings (SSSR count). The van der Waals surface area contributed by atoms with Crippen LogP contribution in [0.15, 0.2) is 36.5 Å². The summed E-state index contributed by atoms with van der Waals surface area (Å²) in [6.45, 7) is 0. The molecule has 0 radical (unpaired) electrons. The van der Waals surface area contributed by atoms with Gasteiger partial charge in [-0.15, -0.1) is 0 Å². The molecule has 0 spiro atoms. The number of carbonyl (C=O) groups is 1. The molecule has 0 saturated carbocycles. The van der Waals surface area contributed by atoms with Gasteiger partial charge >= 0.3 is 5.97 Å². The highest BCUT2D eigenvalue weighted by atomic mass is 19.1. The Hall–Kier alpha value is -2.37. The largest absolute Gasteiger partial charge is 0.481 e. The lowest BCUT2D eigenvalue weighted by atomic mass is 9.92. The van der Waals surface area contributed by atoms with E-state index in [1.807, 2.05) is 0 Å². The maximum absolute atomic E-state index is 13.8. The standard InChI is InChI=1S/C13H10F2N2O2/c14-8-3-4-9(11(15)6-8)10(7-13(18)19)12-2-1-5-16-17-12/h1-6,10H,7H2,(H,18,19). The smallest absolute Gasteiger partial charge is 0.304 e. The molecular formula is C13H10F2N2O2.